The molecule has 4 aromatic heterocycles. The van der Waals surface area contributed by atoms with Gasteiger partial charge in [0.15, 0.2) is 0 Å². The van der Waals surface area contributed by atoms with Crippen LogP contribution < -0.4 is 0 Å². The fraction of sp³-hybridized carbons (Fsp3) is 0. The normalized spacial score (nSPS) is 11.8. The minimum atomic E-state index is 1.17. The summed E-state index contributed by atoms with van der Waals surface area (Å²) in [4.78, 5) is 0. The lowest BCUT2D eigenvalue weighted by molar-refractivity contribution is 1.18. The Morgan fingerprint density at radius 1 is 0.135 bits per heavy atom. The molecule has 0 aliphatic rings. The second-order valence-corrected chi connectivity index (χ2v) is 27.5. The van der Waals surface area contributed by atoms with E-state index in [9.17, 15) is 0 Å². The van der Waals surface area contributed by atoms with Crippen LogP contribution in [0, 0.1) is 0 Å². The van der Waals surface area contributed by atoms with Crippen LogP contribution in [0.3, 0.4) is 0 Å². The third-order valence-corrected chi connectivity index (χ3v) is 21.8. The number of hydrogen-bond acceptors (Lipinski definition) is 0. The third kappa shape index (κ3) is 9.39. The zero-order valence-corrected chi connectivity index (χ0v) is 56.7. The summed E-state index contributed by atoms with van der Waals surface area (Å²) in [5.41, 5.74) is 24.3. The lowest BCUT2D eigenvalue weighted by Gasteiger charge is -2.16. The fourth-order valence-electron chi connectivity index (χ4n) is 17.1. The van der Waals surface area contributed by atoms with Gasteiger partial charge in [0.1, 0.15) is 0 Å². The molecule has 4 heteroatoms. The molecule has 4 heterocycles. The molecule has 0 bridgehead atoms. The van der Waals surface area contributed by atoms with Crippen LogP contribution in [0.2, 0.25) is 0 Å². The molecule has 0 aliphatic heterocycles. The fourth-order valence-corrected chi connectivity index (χ4v) is 17.1. The van der Waals surface area contributed by atoms with Gasteiger partial charge >= 0.3 is 0 Å². The van der Waals surface area contributed by atoms with Crippen molar-refractivity contribution in [3.8, 4) is 67.3 Å². The van der Waals surface area contributed by atoms with Gasteiger partial charge < -0.3 is 18.3 Å². The van der Waals surface area contributed by atoms with Gasteiger partial charge in [0.25, 0.3) is 0 Å². The second-order valence-electron chi connectivity index (χ2n) is 27.5. The number of benzene rings is 18. The summed E-state index contributed by atoms with van der Waals surface area (Å²) in [6, 6.07) is 142. The first-order chi connectivity index (χ1) is 51.6. The van der Waals surface area contributed by atoms with Crippen molar-refractivity contribution < 1.29 is 0 Å². The van der Waals surface area contributed by atoms with Crippen molar-refractivity contribution in [3.05, 3.63) is 388 Å². The molecule has 0 spiro atoms. The van der Waals surface area contributed by atoms with Gasteiger partial charge in [-0.3, -0.25) is 0 Å². The molecule has 18 aromatic carbocycles. The van der Waals surface area contributed by atoms with Crippen molar-refractivity contribution in [3.63, 3.8) is 0 Å². The van der Waals surface area contributed by atoms with Crippen molar-refractivity contribution in [1.82, 2.24) is 18.3 Å². The molecule has 0 aliphatic carbocycles. The van der Waals surface area contributed by atoms with Crippen molar-refractivity contribution in [2.45, 2.75) is 0 Å². The van der Waals surface area contributed by atoms with Crippen molar-refractivity contribution in [2.24, 2.45) is 0 Å². The van der Waals surface area contributed by atoms with E-state index in [1.54, 1.807) is 0 Å². The molecule has 0 N–H and O–H groups in total. The van der Waals surface area contributed by atoms with Crippen LogP contribution in [0.25, 0.3) is 198 Å². The smallest absolute Gasteiger partial charge is 0.0541 e. The van der Waals surface area contributed by atoms with Gasteiger partial charge in [0, 0.05) is 65.2 Å². The highest BCUT2D eigenvalue weighted by molar-refractivity contribution is 6.17. The van der Waals surface area contributed by atoms with Crippen LogP contribution in [0.1, 0.15) is 0 Å². The summed E-state index contributed by atoms with van der Waals surface area (Å²) in [6.45, 7) is 0. The number of rotatable bonds is 8. The van der Waals surface area contributed by atoms with E-state index in [2.05, 4.69) is 407 Å². The number of fused-ring (bicyclic) bond motifs is 16. The maximum absolute atomic E-state index is 2.46. The minimum absolute atomic E-state index is 1.17. The standard InChI is InChI=1S/2C50H32N2/c1-2-15-36(16-3-1)51-46-23-10-8-20-42(46)44-31-34(25-28-49(44)51)35-26-29-50-45(32-35)43-21-9-11-24-47(43)52(50)48-30-27-40(39-18-6-7-19-41(39)48)38-22-12-14-33-13-4-5-17-37(33)38;1-2-14-38(15-3-1)51-46-20-10-8-18-42(46)44-31-35(24-27-49(44)51)36-25-28-50-45(32-36)43-19-9-11-21-47(43)52(50)48-29-26-39(40-16-6-7-17-41(40)48)37-23-22-33-12-4-5-13-34(33)30-37/h2*1-32H. The lowest BCUT2D eigenvalue weighted by Crippen LogP contribution is -1.96. The van der Waals surface area contributed by atoms with E-state index in [-0.39, 0.29) is 0 Å². The Morgan fingerprint density at radius 3 is 0.904 bits per heavy atom. The Bertz CT molecular complexity index is 7210. The largest absolute Gasteiger partial charge is 0.309 e. The van der Waals surface area contributed by atoms with Gasteiger partial charge in [0.05, 0.1) is 55.5 Å². The topological polar surface area (TPSA) is 19.7 Å². The van der Waals surface area contributed by atoms with Crippen LogP contribution in [-0.2, 0) is 0 Å². The molecule has 104 heavy (non-hydrogen) atoms. The van der Waals surface area contributed by atoms with Gasteiger partial charge in [-0.25, -0.2) is 0 Å². The molecule has 0 amide bonds. The van der Waals surface area contributed by atoms with Crippen LogP contribution >= 0.6 is 0 Å². The zero-order chi connectivity index (χ0) is 68.3. The third-order valence-electron chi connectivity index (χ3n) is 21.8. The Kier molecular flexibility index (Phi) is 13.6. The summed E-state index contributed by atoms with van der Waals surface area (Å²) in [5.74, 6) is 0. The van der Waals surface area contributed by atoms with Crippen molar-refractivity contribution in [1.29, 1.82) is 0 Å². The molecule has 0 unspecified atom stereocenters. The number of hydrogen-bond donors (Lipinski definition) is 0. The summed E-state index contributed by atoms with van der Waals surface area (Å²) in [6.07, 6.45) is 0. The van der Waals surface area contributed by atoms with Gasteiger partial charge in [-0.1, -0.05) is 273 Å². The number of para-hydroxylation sites is 6. The van der Waals surface area contributed by atoms with Crippen LogP contribution in [0.5, 0.6) is 0 Å². The van der Waals surface area contributed by atoms with Crippen LogP contribution in [0.4, 0.5) is 0 Å². The monoisotopic (exact) mass is 1320 g/mol. The SMILES string of the molecule is c1ccc(-n2c3ccccc3c3cc(-c4ccc5c(c4)c4ccccc4n5-c4ccc(-c5ccc6ccccc6c5)c5ccccc45)ccc32)cc1.c1ccc(-n2c3ccccc3c3cc(-c4ccc5c(c4)c4ccccc4n5-c4ccc(-c5cccc6ccccc56)c5ccccc45)ccc32)cc1. The molecule has 0 fully saturated rings. The maximum atomic E-state index is 2.46. The van der Waals surface area contributed by atoms with E-state index < -0.39 is 0 Å². The molecule has 22 aromatic rings. The Labute approximate surface area is 600 Å². The van der Waals surface area contributed by atoms with E-state index in [1.807, 2.05) is 0 Å². The molecule has 0 saturated carbocycles. The highest BCUT2D eigenvalue weighted by Gasteiger charge is 2.22. The minimum Gasteiger partial charge on any atom is -0.309 e. The molecule has 484 valence electrons. The Balaban J connectivity index is 0.000000134. The molecule has 22 rings (SSSR count). The first kappa shape index (κ1) is 59.1. The molecule has 0 radical (unpaired) electrons. The lowest BCUT2D eigenvalue weighted by atomic mass is 9.93. The average molecular weight is 1320 g/mol. The maximum Gasteiger partial charge on any atom is 0.0541 e. The van der Waals surface area contributed by atoms with E-state index in [4.69, 9.17) is 0 Å². The average Bonchev–Trinajstić information content (AvgIpc) is 1.58. The Morgan fingerprint density at radius 2 is 0.442 bits per heavy atom. The number of nitrogens with zero attached hydrogens (tertiary/aromatic N) is 4. The highest BCUT2D eigenvalue weighted by Crippen LogP contribution is 2.45. The van der Waals surface area contributed by atoms with Crippen LogP contribution in [-0.4, -0.2) is 18.3 Å². The van der Waals surface area contributed by atoms with Gasteiger partial charge in [-0.05, 0) is 192 Å². The summed E-state index contributed by atoms with van der Waals surface area (Å²) in [7, 11) is 0. The highest BCUT2D eigenvalue weighted by atomic mass is 15.0. The first-order valence-electron chi connectivity index (χ1n) is 35.9. The quantitative estimate of drug-likeness (QED) is 0.144. The molecular formula is C100H64N4. The zero-order valence-electron chi connectivity index (χ0n) is 56.7. The molecule has 4 nitrogen and oxygen atoms in total. The van der Waals surface area contributed by atoms with E-state index >= 15 is 0 Å². The van der Waals surface area contributed by atoms with Gasteiger partial charge in [-0.2, -0.15) is 0 Å². The molecule has 0 atom stereocenters. The van der Waals surface area contributed by atoms with Gasteiger partial charge in [-0.15, -0.1) is 0 Å². The predicted molar refractivity (Wildman–Crippen MR) is 442 cm³/mol. The Hall–Kier alpha value is -13.8. The second kappa shape index (κ2) is 24.0. The van der Waals surface area contributed by atoms with E-state index in [1.165, 1.54) is 198 Å². The summed E-state index contributed by atoms with van der Waals surface area (Å²) in [5, 5.41) is 20.1. The van der Waals surface area contributed by atoms with Gasteiger partial charge in [0.2, 0.25) is 0 Å². The number of aromatic nitrogens is 4. The summed E-state index contributed by atoms with van der Waals surface area (Å²) < 4.78 is 9.67. The van der Waals surface area contributed by atoms with E-state index in [0.717, 1.165) is 0 Å². The molecular weight excluding hydrogens is 1260 g/mol. The summed E-state index contributed by atoms with van der Waals surface area (Å²) >= 11 is 0. The van der Waals surface area contributed by atoms with Crippen molar-refractivity contribution >= 4 is 130 Å². The van der Waals surface area contributed by atoms with E-state index in [0.29, 0.717) is 0 Å². The van der Waals surface area contributed by atoms with Crippen LogP contribution in [0.15, 0.2) is 388 Å². The molecule has 0 saturated heterocycles. The van der Waals surface area contributed by atoms with Crippen molar-refractivity contribution in [2.75, 3.05) is 0 Å². The predicted octanol–water partition coefficient (Wildman–Crippen LogP) is 27.0. The first-order valence-corrected chi connectivity index (χ1v) is 35.9.